The second kappa shape index (κ2) is 6.25. The molecule has 98 valence electrons. The molecule has 0 N–H and O–H groups in total. The van der Waals surface area contributed by atoms with E-state index in [0.29, 0.717) is 13.0 Å². The van der Waals surface area contributed by atoms with E-state index in [1.807, 2.05) is 37.4 Å². The molecule has 18 heavy (non-hydrogen) atoms. The zero-order valence-electron chi connectivity index (χ0n) is 10.6. The number of hydrogen-bond donors (Lipinski definition) is 1. The van der Waals surface area contributed by atoms with Crippen LogP contribution in [0.1, 0.15) is 12.0 Å². The van der Waals surface area contributed by atoms with Crippen molar-refractivity contribution in [1.82, 2.24) is 4.90 Å². The van der Waals surface area contributed by atoms with E-state index in [1.54, 1.807) is 4.90 Å². The first-order chi connectivity index (χ1) is 8.68. The van der Waals surface area contributed by atoms with Crippen LogP contribution >= 0.6 is 12.6 Å². The molecule has 1 aliphatic rings. The minimum atomic E-state index is -0.280. The number of amides is 1. The van der Waals surface area contributed by atoms with Crippen LogP contribution in [0.4, 0.5) is 0 Å². The Morgan fingerprint density at radius 2 is 2.22 bits per heavy atom. The van der Waals surface area contributed by atoms with Crippen LogP contribution in [0.3, 0.4) is 0 Å². The fourth-order valence-corrected chi connectivity index (χ4v) is 2.56. The normalized spacial score (nSPS) is 20.7. The van der Waals surface area contributed by atoms with E-state index in [1.165, 1.54) is 0 Å². The predicted molar refractivity (Wildman–Crippen MR) is 74.9 cm³/mol. The number of hydrogen-bond acceptors (Lipinski definition) is 3. The van der Waals surface area contributed by atoms with Crippen LogP contribution in [0.2, 0.25) is 0 Å². The molecule has 0 aliphatic carbocycles. The largest absolute Gasteiger partial charge is 0.379 e. The van der Waals surface area contributed by atoms with Crippen molar-refractivity contribution in [3.05, 3.63) is 35.9 Å². The van der Waals surface area contributed by atoms with Crippen LogP contribution in [0, 0.1) is 0 Å². The highest BCUT2D eigenvalue weighted by atomic mass is 32.1. The molecule has 0 saturated carbocycles. The predicted octanol–water partition coefficient (Wildman–Crippen LogP) is 1.77. The monoisotopic (exact) mass is 265 g/mol. The first kappa shape index (κ1) is 13.4. The molecule has 1 aliphatic heterocycles. The van der Waals surface area contributed by atoms with Gasteiger partial charge in [-0.25, -0.2) is 0 Å². The zero-order chi connectivity index (χ0) is 13.0. The molecule has 4 heteroatoms. The summed E-state index contributed by atoms with van der Waals surface area (Å²) in [6, 6.07) is 10.2. The maximum absolute atomic E-state index is 12.2. The lowest BCUT2D eigenvalue weighted by Gasteiger charge is -2.26. The molecule has 3 nitrogen and oxygen atoms in total. The maximum Gasteiger partial charge on any atom is 0.235 e. The van der Waals surface area contributed by atoms with Crippen LogP contribution < -0.4 is 0 Å². The van der Waals surface area contributed by atoms with Gasteiger partial charge < -0.3 is 9.64 Å². The van der Waals surface area contributed by atoms with Crippen molar-refractivity contribution < 1.29 is 9.53 Å². The van der Waals surface area contributed by atoms with Gasteiger partial charge in [-0.3, -0.25) is 4.79 Å². The van der Waals surface area contributed by atoms with Crippen LogP contribution in [-0.4, -0.2) is 42.4 Å². The van der Waals surface area contributed by atoms with Crippen molar-refractivity contribution in [2.75, 3.05) is 20.3 Å². The Labute approximate surface area is 114 Å². The zero-order valence-corrected chi connectivity index (χ0v) is 11.5. The molecule has 0 aromatic heterocycles. The number of thiol groups is 1. The number of rotatable bonds is 4. The van der Waals surface area contributed by atoms with Crippen molar-refractivity contribution in [1.29, 1.82) is 0 Å². The van der Waals surface area contributed by atoms with Gasteiger partial charge in [-0.05, 0) is 18.4 Å². The SMILES string of the molecule is CN(C(=O)C(S)Cc1ccccc1)C1CCOC1. The van der Waals surface area contributed by atoms with Crippen molar-refractivity contribution in [3.63, 3.8) is 0 Å². The molecule has 0 spiro atoms. The topological polar surface area (TPSA) is 29.5 Å². The summed E-state index contributed by atoms with van der Waals surface area (Å²) < 4.78 is 5.31. The van der Waals surface area contributed by atoms with Crippen LogP contribution in [0.15, 0.2) is 30.3 Å². The summed E-state index contributed by atoms with van der Waals surface area (Å²) in [5.41, 5.74) is 1.14. The van der Waals surface area contributed by atoms with Gasteiger partial charge in [-0.2, -0.15) is 12.6 Å². The first-order valence-electron chi connectivity index (χ1n) is 6.25. The lowest BCUT2D eigenvalue weighted by molar-refractivity contribution is -0.131. The molecule has 1 aromatic rings. The average Bonchev–Trinajstić information content (AvgIpc) is 2.92. The maximum atomic E-state index is 12.2. The average molecular weight is 265 g/mol. The lowest BCUT2D eigenvalue weighted by atomic mass is 10.1. The summed E-state index contributed by atoms with van der Waals surface area (Å²) in [4.78, 5) is 14.0. The molecular formula is C14H19NO2S. The minimum Gasteiger partial charge on any atom is -0.379 e. The molecule has 1 aromatic carbocycles. The number of likely N-dealkylation sites (N-methyl/N-ethyl adjacent to an activating group) is 1. The van der Waals surface area contributed by atoms with Gasteiger partial charge in [0, 0.05) is 13.7 Å². The molecule has 1 amide bonds. The van der Waals surface area contributed by atoms with E-state index in [9.17, 15) is 4.79 Å². The van der Waals surface area contributed by atoms with Crippen molar-refractivity contribution in [3.8, 4) is 0 Å². The van der Waals surface area contributed by atoms with Crippen LogP contribution in [0.5, 0.6) is 0 Å². The number of carbonyl (C=O) groups excluding carboxylic acids is 1. The molecular weight excluding hydrogens is 246 g/mol. The van der Waals surface area contributed by atoms with E-state index < -0.39 is 0 Å². The van der Waals surface area contributed by atoms with Crippen molar-refractivity contribution in [2.24, 2.45) is 0 Å². The molecule has 2 rings (SSSR count). The highest BCUT2D eigenvalue weighted by Gasteiger charge is 2.27. The second-order valence-electron chi connectivity index (χ2n) is 4.67. The Morgan fingerprint density at radius 3 is 2.83 bits per heavy atom. The molecule has 0 radical (unpaired) electrons. The molecule has 1 heterocycles. The lowest BCUT2D eigenvalue weighted by Crippen LogP contribution is -2.42. The van der Waals surface area contributed by atoms with Crippen LogP contribution in [0.25, 0.3) is 0 Å². The molecule has 1 saturated heterocycles. The van der Waals surface area contributed by atoms with Crippen LogP contribution in [-0.2, 0) is 16.0 Å². The number of nitrogens with zero attached hydrogens (tertiary/aromatic N) is 1. The van der Waals surface area contributed by atoms with Crippen molar-refractivity contribution >= 4 is 18.5 Å². The van der Waals surface area contributed by atoms with Gasteiger partial charge in [0.05, 0.1) is 17.9 Å². The van der Waals surface area contributed by atoms with Gasteiger partial charge in [0.2, 0.25) is 5.91 Å². The number of ether oxygens (including phenoxy) is 1. The summed E-state index contributed by atoms with van der Waals surface area (Å²) in [5, 5.41) is -0.280. The molecule has 1 fully saturated rings. The third kappa shape index (κ3) is 3.27. The minimum absolute atomic E-state index is 0.0812. The quantitative estimate of drug-likeness (QED) is 0.841. The third-order valence-electron chi connectivity index (χ3n) is 3.36. The summed E-state index contributed by atoms with van der Waals surface area (Å²) >= 11 is 4.44. The second-order valence-corrected chi connectivity index (χ2v) is 5.30. The van der Waals surface area contributed by atoms with Gasteiger partial charge in [0.1, 0.15) is 0 Å². The smallest absolute Gasteiger partial charge is 0.235 e. The molecule has 2 atom stereocenters. The van der Waals surface area contributed by atoms with Gasteiger partial charge >= 0.3 is 0 Å². The van der Waals surface area contributed by atoms with E-state index in [0.717, 1.165) is 18.6 Å². The standard InChI is InChI=1S/C14H19NO2S/c1-15(12-7-8-17-10-12)14(16)13(18)9-11-5-3-2-4-6-11/h2-6,12-13,18H,7-10H2,1H3. The van der Waals surface area contributed by atoms with Gasteiger partial charge in [0.15, 0.2) is 0 Å². The fraction of sp³-hybridized carbons (Fsp3) is 0.500. The third-order valence-corrected chi connectivity index (χ3v) is 3.76. The first-order valence-corrected chi connectivity index (χ1v) is 6.76. The van der Waals surface area contributed by atoms with Gasteiger partial charge in [0.25, 0.3) is 0 Å². The fourth-order valence-electron chi connectivity index (χ4n) is 2.17. The van der Waals surface area contributed by atoms with E-state index in [-0.39, 0.29) is 17.2 Å². The highest BCUT2D eigenvalue weighted by Crippen LogP contribution is 2.15. The molecule has 0 bridgehead atoms. The van der Waals surface area contributed by atoms with Crippen molar-refractivity contribution in [2.45, 2.75) is 24.1 Å². The summed E-state index contributed by atoms with van der Waals surface area (Å²) in [7, 11) is 1.84. The highest BCUT2D eigenvalue weighted by molar-refractivity contribution is 7.81. The summed E-state index contributed by atoms with van der Waals surface area (Å²) in [6.45, 7) is 1.40. The van der Waals surface area contributed by atoms with Gasteiger partial charge in [-0.15, -0.1) is 0 Å². The Balaban J connectivity index is 1.91. The summed E-state index contributed by atoms with van der Waals surface area (Å²) in [5.74, 6) is 0.0812. The number of carbonyl (C=O) groups is 1. The van der Waals surface area contributed by atoms with E-state index in [4.69, 9.17) is 4.74 Å². The van der Waals surface area contributed by atoms with E-state index >= 15 is 0 Å². The summed E-state index contributed by atoms with van der Waals surface area (Å²) in [6.07, 6.45) is 1.59. The molecule has 2 unspecified atom stereocenters. The Bertz CT molecular complexity index is 390. The Kier molecular flexibility index (Phi) is 4.66. The Morgan fingerprint density at radius 1 is 1.50 bits per heavy atom. The van der Waals surface area contributed by atoms with Gasteiger partial charge in [-0.1, -0.05) is 30.3 Å². The number of benzene rings is 1. The van der Waals surface area contributed by atoms with E-state index in [2.05, 4.69) is 12.6 Å². The Hall–Kier alpha value is -1.00.